The second kappa shape index (κ2) is 2.54. The number of allylic oxidation sites excluding steroid dienone is 2. The number of aromatic amines is 1. The third-order valence-corrected chi connectivity index (χ3v) is 2.33. The van der Waals surface area contributed by atoms with Crippen LogP contribution < -0.4 is 0 Å². The van der Waals surface area contributed by atoms with Gasteiger partial charge in [0.25, 0.3) is 0 Å². The molecular formula is C11H9NO2. The maximum Gasteiger partial charge on any atom is 0.235 e. The van der Waals surface area contributed by atoms with Crippen LogP contribution in [0.4, 0.5) is 0 Å². The number of Topliss-reactive ketones (excluding diaryl/α,β-unsaturated/α-hetero) is 2. The summed E-state index contributed by atoms with van der Waals surface area (Å²) in [4.78, 5) is 25.8. The van der Waals surface area contributed by atoms with Crippen LogP contribution in [0, 0.1) is 6.92 Å². The van der Waals surface area contributed by atoms with Gasteiger partial charge in [-0.2, -0.15) is 0 Å². The Bertz CT molecular complexity index is 448. The van der Waals surface area contributed by atoms with Gasteiger partial charge in [-0.25, -0.2) is 0 Å². The Hall–Kier alpha value is -1.90. The first-order chi connectivity index (χ1) is 6.52. The summed E-state index contributed by atoms with van der Waals surface area (Å²) >= 11 is 0. The van der Waals surface area contributed by atoms with Crippen molar-refractivity contribution in [2.75, 3.05) is 0 Å². The summed E-state index contributed by atoms with van der Waals surface area (Å²) in [5.41, 5.74) is 2.68. The number of H-pyrrole nitrogens is 1. The summed E-state index contributed by atoms with van der Waals surface area (Å²) in [6, 6.07) is 1.80. The molecule has 0 aliphatic heterocycles. The van der Waals surface area contributed by atoms with Crippen molar-refractivity contribution in [3.05, 3.63) is 36.2 Å². The Balaban J connectivity index is 2.74. The molecule has 1 aliphatic rings. The van der Waals surface area contributed by atoms with Gasteiger partial charge >= 0.3 is 0 Å². The Morgan fingerprint density at radius 3 is 2.36 bits per heavy atom. The van der Waals surface area contributed by atoms with Gasteiger partial charge in [0.1, 0.15) is 0 Å². The average Bonchev–Trinajstić information content (AvgIpc) is 2.54. The number of carbonyl (C=O) groups is 2. The molecular weight excluding hydrogens is 178 g/mol. The molecule has 1 aromatic heterocycles. The zero-order valence-corrected chi connectivity index (χ0v) is 7.81. The summed E-state index contributed by atoms with van der Waals surface area (Å²) < 4.78 is 0. The summed E-state index contributed by atoms with van der Waals surface area (Å²) in [5, 5.41) is 0. The second-order valence-corrected chi connectivity index (χ2v) is 3.36. The highest BCUT2D eigenvalue weighted by Gasteiger charge is 2.31. The minimum absolute atomic E-state index is 0.227. The first kappa shape index (κ1) is 8.69. The fraction of sp³-hybridized carbons (Fsp3) is 0.0909. The molecule has 0 radical (unpaired) electrons. The molecule has 1 aromatic rings. The van der Waals surface area contributed by atoms with Crippen LogP contribution in [0.5, 0.6) is 0 Å². The van der Waals surface area contributed by atoms with Gasteiger partial charge in [0.15, 0.2) is 0 Å². The van der Waals surface area contributed by atoms with Crippen molar-refractivity contribution in [1.29, 1.82) is 0 Å². The maximum atomic E-state index is 11.4. The van der Waals surface area contributed by atoms with Gasteiger partial charge in [0, 0.05) is 22.4 Å². The molecule has 2 rings (SSSR count). The van der Waals surface area contributed by atoms with Crippen LogP contribution in [0.2, 0.25) is 0 Å². The second-order valence-electron chi connectivity index (χ2n) is 3.36. The number of ketones is 2. The molecule has 1 heterocycles. The number of carbonyl (C=O) groups excluding carboxylic acids is 2. The minimum Gasteiger partial charge on any atom is -0.358 e. The number of aryl methyl sites for hydroxylation is 1. The van der Waals surface area contributed by atoms with Gasteiger partial charge in [-0.1, -0.05) is 13.2 Å². The molecule has 1 N–H and O–H groups in total. The number of rotatable bonds is 0. The van der Waals surface area contributed by atoms with Gasteiger partial charge in [0.2, 0.25) is 11.6 Å². The van der Waals surface area contributed by atoms with E-state index in [9.17, 15) is 9.59 Å². The number of nitrogens with one attached hydrogen (secondary N) is 1. The highest BCUT2D eigenvalue weighted by atomic mass is 16.2. The topological polar surface area (TPSA) is 49.9 Å². The quantitative estimate of drug-likeness (QED) is 0.494. The van der Waals surface area contributed by atoms with E-state index in [2.05, 4.69) is 18.1 Å². The van der Waals surface area contributed by atoms with Crippen molar-refractivity contribution in [1.82, 2.24) is 4.98 Å². The van der Waals surface area contributed by atoms with Crippen LogP contribution in [0.15, 0.2) is 19.2 Å². The fourth-order valence-corrected chi connectivity index (χ4v) is 1.58. The van der Waals surface area contributed by atoms with Crippen LogP contribution in [0.3, 0.4) is 0 Å². The number of fused-ring (bicyclic) bond motifs is 1. The fourth-order valence-electron chi connectivity index (χ4n) is 1.58. The van der Waals surface area contributed by atoms with Crippen LogP contribution in [0.1, 0.15) is 17.0 Å². The summed E-state index contributed by atoms with van der Waals surface area (Å²) in [5.74, 6) is -1.12. The summed E-state index contributed by atoms with van der Waals surface area (Å²) in [6.45, 7) is 9.05. The van der Waals surface area contributed by atoms with Crippen molar-refractivity contribution < 1.29 is 9.59 Å². The number of hydrogen-bond acceptors (Lipinski definition) is 2. The monoisotopic (exact) mass is 187 g/mol. The van der Waals surface area contributed by atoms with Crippen molar-refractivity contribution in [2.24, 2.45) is 0 Å². The first-order valence-electron chi connectivity index (χ1n) is 4.19. The van der Waals surface area contributed by atoms with E-state index in [1.54, 1.807) is 6.07 Å². The van der Waals surface area contributed by atoms with Gasteiger partial charge in [-0.15, -0.1) is 0 Å². The van der Waals surface area contributed by atoms with E-state index in [0.717, 1.165) is 5.69 Å². The van der Waals surface area contributed by atoms with Gasteiger partial charge in [0.05, 0.1) is 5.69 Å². The molecule has 0 bridgehead atoms. The lowest BCUT2D eigenvalue weighted by molar-refractivity contribution is -0.129. The smallest absolute Gasteiger partial charge is 0.235 e. The third-order valence-electron chi connectivity index (χ3n) is 2.33. The zero-order chi connectivity index (χ0) is 10.5. The van der Waals surface area contributed by atoms with E-state index in [1.165, 1.54) is 0 Å². The maximum absolute atomic E-state index is 11.4. The highest BCUT2D eigenvalue weighted by molar-refractivity contribution is 6.66. The van der Waals surface area contributed by atoms with E-state index in [1.807, 2.05) is 6.92 Å². The number of aromatic nitrogens is 1. The van der Waals surface area contributed by atoms with E-state index in [4.69, 9.17) is 0 Å². The Labute approximate surface area is 81.1 Å². The first-order valence-corrected chi connectivity index (χ1v) is 4.19. The molecule has 3 heteroatoms. The van der Waals surface area contributed by atoms with E-state index in [0.29, 0.717) is 11.3 Å². The molecule has 14 heavy (non-hydrogen) atoms. The Morgan fingerprint density at radius 1 is 1.14 bits per heavy atom. The van der Waals surface area contributed by atoms with Gasteiger partial charge in [-0.3, -0.25) is 9.59 Å². The third kappa shape index (κ3) is 0.923. The predicted molar refractivity (Wildman–Crippen MR) is 53.6 cm³/mol. The summed E-state index contributed by atoms with van der Waals surface area (Å²) in [6.07, 6.45) is 0. The standard InChI is InChI=1S/C11H9NO2/c1-5-4-8-6(2)10(13)11(14)7(3)9(8)12-5/h4,12H,2-3H2,1H3. The molecule has 0 aromatic carbocycles. The van der Waals surface area contributed by atoms with Gasteiger partial charge < -0.3 is 4.98 Å². The molecule has 0 saturated heterocycles. The number of hydrogen-bond donors (Lipinski definition) is 1. The Morgan fingerprint density at radius 2 is 1.71 bits per heavy atom. The Kier molecular flexibility index (Phi) is 1.58. The molecule has 0 atom stereocenters. The highest BCUT2D eigenvalue weighted by Crippen LogP contribution is 2.31. The molecule has 0 spiro atoms. The normalized spacial score (nSPS) is 16.1. The SMILES string of the molecule is C=C1C(=O)C(=O)C(=C)c2[nH]c(C)cc21. The lowest BCUT2D eigenvalue weighted by Crippen LogP contribution is -2.21. The van der Waals surface area contributed by atoms with Crippen molar-refractivity contribution in [3.63, 3.8) is 0 Å². The molecule has 0 unspecified atom stereocenters. The minimum atomic E-state index is -0.565. The molecule has 3 nitrogen and oxygen atoms in total. The van der Waals surface area contributed by atoms with Gasteiger partial charge in [-0.05, 0) is 13.0 Å². The van der Waals surface area contributed by atoms with Crippen molar-refractivity contribution in [2.45, 2.75) is 6.92 Å². The molecule has 1 aliphatic carbocycles. The predicted octanol–water partition coefficient (Wildman–Crippen LogP) is 1.50. The molecule has 0 saturated carbocycles. The molecule has 70 valence electrons. The van der Waals surface area contributed by atoms with Crippen LogP contribution in [-0.2, 0) is 9.59 Å². The van der Waals surface area contributed by atoms with E-state index >= 15 is 0 Å². The summed E-state index contributed by atoms with van der Waals surface area (Å²) in [7, 11) is 0. The van der Waals surface area contributed by atoms with Crippen LogP contribution >= 0.6 is 0 Å². The lowest BCUT2D eigenvalue weighted by atomic mass is 9.88. The zero-order valence-electron chi connectivity index (χ0n) is 7.81. The van der Waals surface area contributed by atoms with Crippen molar-refractivity contribution in [3.8, 4) is 0 Å². The van der Waals surface area contributed by atoms with Crippen LogP contribution in [0.25, 0.3) is 11.1 Å². The van der Waals surface area contributed by atoms with E-state index in [-0.39, 0.29) is 11.1 Å². The molecule has 0 amide bonds. The largest absolute Gasteiger partial charge is 0.358 e. The average molecular weight is 187 g/mol. The van der Waals surface area contributed by atoms with E-state index < -0.39 is 11.6 Å². The lowest BCUT2D eigenvalue weighted by Gasteiger charge is -2.13. The van der Waals surface area contributed by atoms with Crippen LogP contribution in [-0.4, -0.2) is 16.6 Å². The van der Waals surface area contributed by atoms with Crippen molar-refractivity contribution >= 4 is 22.7 Å². The molecule has 0 fully saturated rings.